The van der Waals surface area contributed by atoms with E-state index in [1.165, 1.54) is 24.8 Å². The van der Waals surface area contributed by atoms with Crippen LogP contribution in [0.4, 0.5) is 0 Å². The maximum absolute atomic E-state index is 5.99. The molecular formula is C17H27NO. The van der Waals surface area contributed by atoms with Crippen molar-refractivity contribution in [3.05, 3.63) is 29.8 Å². The molecule has 0 bridgehead atoms. The van der Waals surface area contributed by atoms with Gasteiger partial charge in [0.1, 0.15) is 5.75 Å². The van der Waals surface area contributed by atoms with Crippen molar-refractivity contribution in [1.82, 2.24) is 5.32 Å². The SMILES string of the molecule is CCCNC(c1ccccc1OC(C)C)C1(C)CC1. The highest BCUT2D eigenvalue weighted by atomic mass is 16.5. The highest BCUT2D eigenvalue weighted by molar-refractivity contribution is 5.38. The molecule has 0 radical (unpaired) electrons. The third-order valence-corrected chi connectivity index (χ3v) is 3.93. The molecule has 1 saturated carbocycles. The molecule has 0 saturated heterocycles. The van der Waals surface area contributed by atoms with Gasteiger partial charge in [-0.2, -0.15) is 0 Å². The van der Waals surface area contributed by atoms with E-state index in [0.717, 1.165) is 12.3 Å². The van der Waals surface area contributed by atoms with Gasteiger partial charge in [0.2, 0.25) is 0 Å². The van der Waals surface area contributed by atoms with Gasteiger partial charge >= 0.3 is 0 Å². The third-order valence-electron chi connectivity index (χ3n) is 3.93. The smallest absolute Gasteiger partial charge is 0.124 e. The molecule has 1 aliphatic carbocycles. The minimum atomic E-state index is 0.222. The van der Waals surface area contributed by atoms with Crippen molar-refractivity contribution in [2.24, 2.45) is 5.41 Å². The molecule has 1 aliphatic rings. The van der Waals surface area contributed by atoms with Crippen molar-refractivity contribution in [1.29, 1.82) is 0 Å². The summed E-state index contributed by atoms with van der Waals surface area (Å²) in [6.07, 6.45) is 4.01. The fourth-order valence-electron chi connectivity index (χ4n) is 2.59. The minimum absolute atomic E-state index is 0.222. The van der Waals surface area contributed by atoms with Crippen molar-refractivity contribution in [2.45, 2.75) is 59.1 Å². The van der Waals surface area contributed by atoms with E-state index in [-0.39, 0.29) is 6.10 Å². The van der Waals surface area contributed by atoms with Gasteiger partial charge in [-0.1, -0.05) is 32.0 Å². The van der Waals surface area contributed by atoms with Crippen LogP contribution in [0.25, 0.3) is 0 Å². The second-order valence-corrected chi connectivity index (χ2v) is 6.25. The Balaban J connectivity index is 2.25. The second kappa shape index (κ2) is 5.96. The summed E-state index contributed by atoms with van der Waals surface area (Å²) in [5.41, 5.74) is 1.73. The van der Waals surface area contributed by atoms with Gasteiger partial charge in [-0.15, -0.1) is 0 Å². The van der Waals surface area contributed by atoms with Crippen LogP contribution in [0.5, 0.6) is 5.75 Å². The minimum Gasteiger partial charge on any atom is -0.491 e. The van der Waals surface area contributed by atoms with E-state index in [2.05, 4.69) is 57.3 Å². The maximum Gasteiger partial charge on any atom is 0.124 e. The molecule has 19 heavy (non-hydrogen) atoms. The lowest BCUT2D eigenvalue weighted by atomic mass is 9.91. The Kier molecular flexibility index (Phi) is 4.51. The summed E-state index contributed by atoms with van der Waals surface area (Å²) in [6, 6.07) is 8.92. The zero-order valence-corrected chi connectivity index (χ0v) is 12.7. The first-order valence-corrected chi connectivity index (χ1v) is 7.56. The lowest BCUT2D eigenvalue weighted by Gasteiger charge is -2.28. The fourth-order valence-corrected chi connectivity index (χ4v) is 2.59. The van der Waals surface area contributed by atoms with Gasteiger partial charge in [-0.05, 0) is 51.1 Å². The van der Waals surface area contributed by atoms with Crippen LogP contribution in [-0.4, -0.2) is 12.6 Å². The monoisotopic (exact) mass is 261 g/mol. The Hall–Kier alpha value is -1.02. The molecule has 106 valence electrons. The van der Waals surface area contributed by atoms with Crippen LogP contribution in [-0.2, 0) is 0 Å². The van der Waals surface area contributed by atoms with E-state index in [9.17, 15) is 0 Å². The summed E-state index contributed by atoms with van der Waals surface area (Å²) in [5, 5.41) is 3.72. The van der Waals surface area contributed by atoms with Crippen LogP contribution < -0.4 is 10.1 Å². The van der Waals surface area contributed by atoms with E-state index in [4.69, 9.17) is 4.74 Å². The summed E-state index contributed by atoms with van der Waals surface area (Å²) in [4.78, 5) is 0. The van der Waals surface area contributed by atoms with Gasteiger partial charge < -0.3 is 10.1 Å². The summed E-state index contributed by atoms with van der Waals surface area (Å²) < 4.78 is 5.99. The second-order valence-electron chi connectivity index (χ2n) is 6.25. The highest BCUT2D eigenvalue weighted by Crippen LogP contribution is 2.55. The summed E-state index contributed by atoms with van der Waals surface area (Å²) >= 11 is 0. The van der Waals surface area contributed by atoms with Crippen LogP contribution in [0.15, 0.2) is 24.3 Å². The zero-order chi connectivity index (χ0) is 13.9. The largest absolute Gasteiger partial charge is 0.491 e. The summed E-state index contributed by atoms with van der Waals surface area (Å²) in [6.45, 7) is 9.84. The number of benzene rings is 1. The molecule has 1 aromatic rings. The number of ether oxygens (including phenoxy) is 1. The topological polar surface area (TPSA) is 21.3 Å². The van der Waals surface area contributed by atoms with Crippen LogP contribution in [0.1, 0.15) is 58.6 Å². The lowest BCUT2D eigenvalue weighted by molar-refractivity contribution is 0.233. The molecule has 0 aromatic heterocycles. The standard InChI is InChI=1S/C17H27NO/c1-5-12-18-16(17(4)10-11-17)14-8-6-7-9-15(14)19-13(2)3/h6-9,13,16,18H,5,10-12H2,1-4H3. The predicted octanol–water partition coefficient (Wildman–Crippen LogP) is 4.31. The van der Waals surface area contributed by atoms with Crippen molar-refractivity contribution in [3.8, 4) is 5.75 Å². The first kappa shape index (κ1) is 14.4. The summed E-state index contributed by atoms with van der Waals surface area (Å²) in [5.74, 6) is 1.04. The van der Waals surface area contributed by atoms with Gasteiger partial charge in [-0.25, -0.2) is 0 Å². The van der Waals surface area contributed by atoms with Crippen molar-refractivity contribution in [3.63, 3.8) is 0 Å². The molecule has 1 atom stereocenters. The van der Waals surface area contributed by atoms with Crippen LogP contribution in [0.2, 0.25) is 0 Å². The molecular weight excluding hydrogens is 234 g/mol. The number of para-hydroxylation sites is 1. The molecule has 0 amide bonds. The van der Waals surface area contributed by atoms with Gasteiger partial charge in [0.05, 0.1) is 6.10 Å². The molecule has 2 nitrogen and oxygen atoms in total. The lowest BCUT2D eigenvalue weighted by Crippen LogP contribution is -2.29. The van der Waals surface area contributed by atoms with E-state index in [1.807, 2.05) is 0 Å². The van der Waals surface area contributed by atoms with E-state index < -0.39 is 0 Å². The van der Waals surface area contributed by atoms with E-state index in [1.54, 1.807) is 0 Å². The number of rotatable bonds is 7. The van der Waals surface area contributed by atoms with Crippen LogP contribution in [0, 0.1) is 5.41 Å². The number of hydrogen-bond donors (Lipinski definition) is 1. The molecule has 1 fully saturated rings. The third kappa shape index (κ3) is 3.50. The molecule has 0 aliphatic heterocycles. The Morgan fingerprint density at radius 1 is 1.26 bits per heavy atom. The zero-order valence-electron chi connectivity index (χ0n) is 12.7. The molecule has 2 heteroatoms. The highest BCUT2D eigenvalue weighted by Gasteiger charge is 2.46. The van der Waals surface area contributed by atoms with Crippen LogP contribution >= 0.6 is 0 Å². The Bertz CT molecular complexity index is 409. The van der Waals surface area contributed by atoms with Crippen molar-refractivity contribution < 1.29 is 4.74 Å². The van der Waals surface area contributed by atoms with Gasteiger partial charge in [-0.3, -0.25) is 0 Å². The average molecular weight is 261 g/mol. The number of hydrogen-bond acceptors (Lipinski definition) is 2. The first-order chi connectivity index (χ1) is 9.07. The Labute approximate surface area is 117 Å². The van der Waals surface area contributed by atoms with E-state index >= 15 is 0 Å². The average Bonchev–Trinajstić information content (AvgIpc) is 3.10. The van der Waals surface area contributed by atoms with E-state index in [0.29, 0.717) is 11.5 Å². The molecule has 1 N–H and O–H groups in total. The van der Waals surface area contributed by atoms with Crippen LogP contribution in [0.3, 0.4) is 0 Å². The number of nitrogens with one attached hydrogen (secondary N) is 1. The Morgan fingerprint density at radius 3 is 2.53 bits per heavy atom. The molecule has 1 aromatic carbocycles. The fraction of sp³-hybridized carbons (Fsp3) is 0.647. The predicted molar refractivity (Wildman–Crippen MR) is 80.6 cm³/mol. The van der Waals surface area contributed by atoms with Gasteiger partial charge in [0, 0.05) is 11.6 Å². The first-order valence-electron chi connectivity index (χ1n) is 7.56. The molecule has 1 unspecified atom stereocenters. The molecule has 2 rings (SSSR count). The molecule has 0 heterocycles. The van der Waals surface area contributed by atoms with Crippen molar-refractivity contribution in [2.75, 3.05) is 6.54 Å². The van der Waals surface area contributed by atoms with Crippen molar-refractivity contribution >= 4 is 0 Å². The molecule has 0 spiro atoms. The quantitative estimate of drug-likeness (QED) is 0.789. The maximum atomic E-state index is 5.99. The summed E-state index contributed by atoms with van der Waals surface area (Å²) in [7, 11) is 0. The van der Waals surface area contributed by atoms with Gasteiger partial charge in [0.25, 0.3) is 0 Å². The normalized spacial score (nSPS) is 18.4. The Morgan fingerprint density at radius 2 is 1.95 bits per heavy atom. The van der Waals surface area contributed by atoms with Gasteiger partial charge in [0.15, 0.2) is 0 Å².